The number of carbonyl (C=O) groups excluding carboxylic acids is 3. The van der Waals surface area contributed by atoms with Crippen molar-refractivity contribution >= 4 is 40.2 Å². The molecule has 0 bridgehead atoms. The third kappa shape index (κ3) is 10.2. The Labute approximate surface area is 290 Å². The summed E-state index contributed by atoms with van der Waals surface area (Å²) < 4.78 is 17.2. The van der Waals surface area contributed by atoms with Crippen LogP contribution in [0.3, 0.4) is 0 Å². The van der Waals surface area contributed by atoms with Gasteiger partial charge in [0.2, 0.25) is 17.7 Å². The number of hydrogen-bond donors (Lipinski definition) is 4. The van der Waals surface area contributed by atoms with Gasteiger partial charge in [-0.05, 0) is 43.2 Å². The molecule has 0 saturated carbocycles. The van der Waals surface area contributed by atoms with E-state index in [0.717, 1.165) is 0 Å². The first kappa shape index (κ1) is 37.7. The number of nitrogens with one attached hydrogen (secondary N) is 3. The van der Waals surface area contributed by atoms with Crippen molar-refractivity contribution in [3.63, 3.8) is 0 Å². The van der Waals surface area contributed by atoms with E-state index in [1.165, 1.54) is 18.2 Å². The smallest absolute Gasteiger partial charge is 0.336 e. The van der Waals surface area contributed by atoms with Crippen LogP contribution in [0.4, 0.5) is 0 Å². The topological polar surface area (TPSA) is 173 Å². The Morgan fingerprint density at radius 3 is 2.22 bits per heavy atom. The summed E-state index contributed by atoms with van der Waals surface area (Å²) in [4.78, 5) is 61.9. The van der Waals surface area contributed by atoms with E-state index in [2.05, 4.69) is 16.0 Å². The summed E-state index contributed by atoms with van der Waals surface area (Å²) >= 11 is 0. The highest BCUT2D eigenvalue weighted by atomic mass is 16.5. The number of allylic oxidation sites excluding steroid dienone is 3. The summed E-state index contributed by atoms with van der Waals surface area (Å²) in [5, 5.41) is 19.3. The van der Waals surface area contributed by atoms with E-state index < -0.39 is 16.8 Å². The highest BCUT2D eigenvalue weighted by molar-refractivity contribution is 6.11. The second-order valence-electron chi connectivity index (χ2n) is 13.8. The Bertz CT molecular complexity index is 1870. The zero-order valence-corrected chi connectivity index (χ0v) is 29.1. The van der Waals surface area contributed by atoms with Crippen molar-refractivity contribution < 1.29 is 38.2 Å². The molecule has 0 unspecified atom stereocenters. The first-order chi connectivity index (χ1) is 23.7. The molecule has 266 valence electrons. The Morgan fingerprint density at radius 2 is 1.54 bits per heavy atom. The van der Waals surface area contributed by atoms with Crippen LogP contribution in [0.25, 0.3) is 27.9 Å². The number of likely N-dealkylation sites (N-methyl/N-ethyl adjacent to an activating group) is 1. The lowest BCUT2D eigenvalue weighted by Gasteiger charge is -2.29. The highest BCUT2D eigenvalue weighted by Gasteiger charge is 2.27. The minimum atomic E-state index is -1.15. The van der Waals surface area contributed by atoms with Crippen molar-refractivity contribution in [3.05, 3.63) is 87.6 Å². The summed E-state index contributed by atoms with van der Waals surface area (Å²) in [7, 11) is 0. The molecule has 12 nitrogen and oxygen atoms in total. The normalized spacial score (nSPS) is 13.6. The van der Waals surface area contributed by atoms with Crippen LogP contribution in [-0.4, -0.2) is 74.9 Å². The maximum Gasteiger partial charge on any atom is 0.336 e. The number of amides is 3. The Hall–Kier alpha value is -5.07. The van der Waals surface area contributed by atoms with Crippen molar-refractivity contribution in [1.29, 1.82) is 0 Å². The summed E-state index contributed by atoms with van der Waals surface area (Å²) in [5.74, 6) is -1.80. The number of para-hydroxylation sites is 1. The zero-order chi connectivity index (χ0) is 36.5. The van der Waals surface area contributed by atoms with Gasteiger partial charge in [0, 0.05) is 58.6 Å². The number of carbonyl (C=O) groups is 4. The minimum Gasteiger partial charge on any atom is -0.478 e. The maximum atomic E-state index is 13.6. The molecule has 0 atom stereocenters. The molecule has 4 rings (SSSR count). The molecular formula is C38H45N3O9. The van der Waals surface area contributed by atoms with Crippen molar-refractivity contribution in [3.8, 4) is 11.3 Å². The van der Waals surface area contributed by atoms with Crippen LogP contribution >= 0.6 is 0 Å². The third-order valence-electron chi connectivity index (χ3n) is 7.94. The first-order valence-electron chi connectivity index (χ1n) is 16.5. The molecule has 3 aliphatic rings. The monoisotopic (exact) mass is 687 g/mol. The standard InChI is InChI=1S/C38H45N3O9/c1-6-39-32(43)18-48-19-33(44)40-20-37(2,3)22-49-23-38(4,5)21-41-35(45)24-10-9-12-26(36(46)47)29(16-24)34-27-11-7-8-13-30(27)50-31-17-25(42)14-15-28(31)34/h7-9,11-17H,6,10,18-23H2,1-5H3,(H,39,43)(H,40,44)(H,41,45)(H,46,47). The Kier molecular flexibility index (Phi) is 12.5. The van der Waals surface area contributed by atoms with Crippen LogP contribution in [0, 0.1) is 10.8 Å². The molecule has 1 heterocycles. The molecule has 0 aromatic heterocycles. The summed E-state index contributed by atoms with van der Waals surface area (Å²) in [5.41, 5.74) is 1.18. The number of carboxylic acid groups (broad SMARTS) is 1. The maximum absolute atomic E-state index is 13.6. The minimum absolute atomic E-state index is 0.0103. The van der Waals surface area contributed by atoms with Gasteiger partial charge in [0.05, 0.1) is 18.8 Å². The number of benzene rings is 2. The molecule has 0 saturated heterocycles. The van der Waals surface area contributed by atoms with E-state index in [0.29, 0.717) is 65.3 Å². The van der Waals surface area contributed by atoms with Crippen LogP contribution in [0.5, 0.6) is 0 Å². The Morgan fingerprint density at radius 1 is 0.880 bits per heavy atom. The molecule has 3 amide bonds. The number of aliphatic carboxylic acids is 1. The number of carboxylic acids is 1. The van der Waals surface area contributed by atoms with E-state index in [9.17, 15) is 29.1 Å². The number of fused-ring (bicyclic) bond motifs is 2. The highest BCUT2D eigenvalue weighted by Crippen LogP contribution is 2.40. The first-order valence-corrected chi connectivity index (χ1v) is 16.5. The second kappa shape index (κ2) is 16.6. The molecule has 4 N–H and O–H groups in total. The van der Waals surface area contributed by atoms with Gasteiger partial charge < -0.3 is 34.9 Å². The van der Waals surface area contributed by atoms with Gasteiger partial charge in [-0.15, -0.1) is 0 Å². The van der Waals surface area contributed by atoms with Gasteiger partial charge >= 0.3 is 5.97 Å². The van der Waals surface area contributed by atoms with Gasteiger partial charge in [-0.1, -0.05) is 58.0 Å². The van der Waals surface area contributed by atoms with E-state index in [4.69, 9.17) is 13.9 Å². The van der Waals surface area contributed by atoms with Gasteiger partial charge in [-0.25, -0.2) is 4.79 Å². The molecule has 50 heavy (non-hydrogen) atoms. The van der Waals surface area contributed by atoms with Gasteiger partial charge in [0.15, 0.2) is 5.43 Å². The van der Waals surface area contributed by atoms with Crippen molar-refractivity contribution in [2.24, 2.45) is 10.8 Å². The third-order valence-corrected chi connectivity index (χ3v) is 7.94. The van der Waals surface area contributed by atoms with E-state index in [1.54, 1.807) is 37.3 Å². The largest absolute Gasteiger partial charge is 0.478 e. The number of hydrogen-bond acceptors (Lipinski definition) is 8. The molecule has 0 radical (unpaired) electrons. The van der Waals surface area contributed by atoms with Crippen LogP contribution in [0.1, 0.15) is 46.6 Å². The van der Waals surface area contributed by atoms with E-state index in [-0.39, 0.29) is 54.9 Å². The predicted octanol–water partition coefficient (Wildman–Crippen LogP) is 4.08. The van der Waals surface area contributed by atoms with Crippen molar-refractivity contribution in [1.82, 2.24) is 16.0 Å². The quantitative estimate of drug-likeness (QED) is 0.162. The van der Waals surface area contributed by atoms with Crippen molar-refractivity contribution in [2.45, 2.75) is 41.0 Å². The summed E-state index contributed by atoms with van der Waals surface area (Å²) in [6, 6.07) is 11.5. The van der Waals surface area contributed by atoms with Gasteiger partial charge in [-0.2, -0.15) is 0 Å². The molecule has 2 aliphatic carbocycles. The fourth-order valence-corrected chi connectivity index (χ4v) is 5.38. The van der Waals surface area contributed by atoms with Gasteiger partial charge in [0.25, 0.3) is 0 Å². The van der Waals surface area contributed by atoms with E-state index in [1.807, 2.05) is 39.8 Å². The fourth-order valence-electron chi connectivity index (χ4n) is 5.38. The lowest BCUT2D eigenvalue weighted by Crippen LogP contribution is -2.41. The van der Waals surface area contributed by atoms with Crippen molar-refractivity contribution in [2.75, 3.05) is 46.1 Å². The second-order valence-corrected chi connectivity index (χ2v) is 13.8. The van der Waals surface area contributed by atoms with E-state index >= 15 is 0 Å². The molecule has 1 aromatic carbocycles. The lowest BCUT2D eigenvalue weighted by molar-refractivity contribution is -0.133. The van der Waals surface area contributed by atoms with Crippen LogP contribution in [0.2, 0.25) is 0 Å². The molecule has 12 heteroatoms. The van der Waals surface area contributed by atoms with Gasteiger partial charge in [0.1, 0.15) is 24.6 Å². The van der Waals surface area contributed by atoms with Crippen LogP contribution in [-0.2, 0) is 28.7 Å². The number of rotatable bonds is 16. The number of ether oxygens (including phenoxy) is 2. The molecule has 1 aliphatic heterocycles. The average Bonchev–Trinajstić information content (AvgIpc) is 3.28. The molecule has 0 fully saturated rings. The summed E-state index contributed by atoms with van der Waals surface area (Å²) in [6.07, 6.45) is 4.97. The fraction of sp³-hybridized carbons (Fsp3) is 0.395. The average molecular weight is 688 g/mol. The lowest BCUT2D eigenvalue weighted by atomic mass is 9.89. The SMILES string of the molecule is CCNC(=O)COCC(=O)NCC(C)(C)COCC(C)(C)CNC(=O)C1=CC(c2c3ccc(=O)cc-3oc3ccccc23)=C(C(=O)O)C=CC1. The Balaban J connectivity index is 1.41. The molecule has 1 aromatic rings. The van der Waals surface area contributed by atoms with Gasteiger partial charge in [-0.3, -0.25) is 19.2 Å². The molecule has 0 spiro atoms. The summed E-state index contributed by atoms with van der Waals surface area (Å²) in [6.45, 7) is 11.0. The molecular weight excluding hydrogens is 642 g/mol. The van der Waals surface area contributed by atoms with Crippen LogP contribution in [0.15, 0.2) is 81.1 Å². The van der Waals surface area contributed by atoms with Crippen LogP contribution < -0.4 is 21.4 Å². The zero-order valence-electron chi connectivity index (χ0n) is 29.1. The predicted molar refractivity (Wildman–Crippen MR) is 189 cm³/mol.